The van der Waals surface area contributed by atoms with Gasteiger partial charge >= 0.3 is 0 Å². The first-order chi connectivity index (χ1) is 9.39. The van der Waals surface area contributed by atoms with Gasteiger partial charge in [-0.25, -0.2) is 8.42 Å². The van der Waals surface area contributed by atoms with E-state index >= 15 is 0 Å². The van der Waals surface area contributed by atoms with E-state index in [4.69, 9.17) is 0 Å². The fourth-order valence-electron chi connectivity index (χ4n) is 1.81. The smallest absolute Gasteiger partial charge is 0.256 e. The summed E-state index contributed by atoms with van der Waals surface area (Å²) in [6.07, 6.45) is 1.56. The van der Waals surface area contributed by atoms with Crippen LogP contribution in [-0.2, 0) is 17.1 Å². The Labute approximate surface area is 119 Å². The molecule has 106 valence electrons. The van der Waals surface area contributed by atoms with Gasteiger partial charge in [-0.05, 0) is 25.5 Å². The lowest BCUT2D eigenvalue weighted by molar-refractivity contribution is 0.608. The van der Waals surface area contributed by atoms with Crippen molar-refractivity contribution in [2.24, 2.45) is 7.05 Å². The monoisotopic (exact) mass is 291 g/mol. The molecule has 0 bridgehead atoms. The van der Waals surface area contributed by atoms with E-state index in [1.807, 2.05) is 44.2 Å². The van der Waals surface area contributed by atoms with Gasteiger partial charge in [-0.15, -0.1) is 0 Å². The van der Waals surface area contributed by atoms with Gasteiger partial charge in [0.15, 0.2) is 0 Å². The van der Waals surface area contributed by atoms with Gasteiger partial charge < -0.3 is 0 Å². The molecule has 0 aliphatic carbocycles. The quantitative estimate of drug-likeness (QED) is 0.941. The number of sulfonamides is 1. The van der Waals surface area contributed by atoms with Crippen molar-refractivity contribution in [3.63, 3.8) is 0 Å². The second-order valence-corrected chi connectivity index (χ2v) is 6.11. The van der Waals surface area contributed by atoms with Crippen molar-refractivity contribution in [3.8, 4) is 0 Å². The third kappa shape index (κ3) is 3.27. The van der Waals surface area contributed by atoms with E-state index in [-0.39, 0.29) is 0 Å². The molecule has 0 amide bonds. The highest BCUT2D eigenvalue weighted by atomic mass is 32.2. The summed E-state index contributed by atoms with van der Waals surface area (Å²) >= 11 is 0. The average Bonchev–Trinajstić information content (AvgIpc) is 2.64. The molecule has 0 fully saturated rings. The van der Waals surface area contributed by atoms with E-state index in [9.17, 15) is 8.42 Å². The molecule has 1 aromatic carbocycles. The predicted molar refractivity (Wildman–Crippen MR) is 80.7 cm³/mol. The maximum Gasteiger partial charge on any atom is 0.256 e. The Hall–Kier alpha value is -2.08. The van der Waals surface area contributed by atoms with Crippen molar-refractivity contribution >= 4 is 21.9 Å². The van der Waals surface area contributed by atoms with Crippen molar-refractivity contribution in [3.05, 3.63) is 52.6 Å². The summed E-state index contributed by atoms with van der Waals surface area (Å²) in [6, 6.07) is 9.27. The van der Waals surface area contributed by atoms with Gasteiger partial charge in [-0.3, -0.25) is 9.40 Å². The number of rotatable bonds is 4. The highest BCUT2D eigenvalue weighted by Gasteiger charge is 2.14. The van der Waals surface area contributed by atoms with Crippen LogP contribution >= 0.6 is 0 Å². The van der Waals surface area contributed by atoms with Crippen molar-refractivity contribution in [2.75, 3.05) is 4.72 Å². The van der Waals surface area contributed by atoms with Gasteiger partial charge in [0.25, 0.3) is 10.0 Å². The zero-order valence-electron chi connectivity index (χ0n) is 11.7. The van der Waals surface area contributed by atoms with E-state index in [0.717, 1.165) is 22.2 Å². The first-order valence-corrected chi connectivity index (χ1v) is 7.70. The molecule has 1 heterocycles. The predicted octanol–water partition coefficient (Wildman–Crippen LogP) is 2.45. The standard InChI is InChI=1S/C14H17N3O2S/c1-11-12(2)15-17(3)14(11)16-20(18,19)10-9-13-7-5-4-6-8-13/h4-10,16H,1-3H3/b10-9+. The van der Waals surface area contributed by atoms with Crippen LogP contribution in [0.4, 0.5) is 5.82 Å². The van der Waals surface area contributed by atoms with E-state index in [0.29, 0.717) is 5.82 Å². The van der Waals surface area contributed by atoms with Crippen LogP contribution in [0, 0.1) is 13.8 Å². The maximum atomic E-state index is 12.0. The van der Waals surface area contributed by atoms with Gasteiger partial charge in [0, 0.05) is 12.6 Å². The van der Waals surface area contributed by atoms with Crippen molar-refractivity contribution < 1.29 is 8.42 Å². The third-order valence-corrected chi connectivity index (χ3v) is 3.97. The average molecular weight is 291 g/mol. The fraction of sp³-hybridized carbons (Fsp3) is 0.214. The number of nitrogens with one attached hydrogen (secondary N) is 1. The molecule has 0 saturated heterocycles. The molecule has 0 aliphatic rings. The number of aromatic nitrogens is 2. The molecule has 0 saturated carbocycles. The Bertz CT molecular complexity index is 731. The molecule has 0 spiro atoms. The van der Waals surface area contributed by atoms with E-state index < -0.39 is 10.0 Å². The van der Waals surface area contributed by atoms with Crippen LogP contribution in [0.3, 0.4) is 0 Å². The molecule has 0 atom stereocenters. The largest absolute Gasteiger partial charge is 0.264 e. The van der Waals surface area contributed by atoms with Crippen molar-refractivity contribution in [2.45, 2.75) is 13.8 Å². The lowest BCUT2D eigenvalue weighted by atomic mass is 10.2. The van der Waals surface area contributed by atoms with Crippen LogP contribution in [0.15, 0.2) is 35.7 Å². The Kier molecular flexibility index (Phi) is 3.94. The molecule has 0 aliphatic heterocycles. The SMILES string of the molecule is Cc1nn(C)c(NS(=O)(=O)/C=C/c2ccccc2)c1C. The fourth-order valence-corrected chi connectivity index (χ4v) is 2.77. The molecule has 2 aromatic rings. The minimum Gasteiger partial charge on any atom is -0.264 e. The zero-order valence-corrected chi connectivity index (χ0v) is 12.5. The lowest BCUT2D eigenvalue weighted by Gasteiger charge is -2.05. The first-order valence-electron chi connectivity index (χ1n) is 6.15. The van der Waals surface area contributed by atoms with Gasteiger partial charge in [0.1, 0.15) is 5.82 Å². The highest BCUT2D eigenvalue weighted by Crippen LogP contribution is 2.18. The number of hydrogen-bond acceptors (Lipinski definition) is 3. The number of benzene rings is 1. The van der Waals surface area contributed by atoms with Crippen molar-refractivity contribution in [1.29, 1.82) is 0 Å². The minimum absolute atomic E-state index is 0.486. The minimum atomic E-state index is -3.56. The Morgan fingerprint density at radius 2 is 1.85 bits per heavy atom. The normalized spacial score (nSPS) is 11.9. The molecule has 1 N–H and O–H groups in total. The molecule has 6 heteroatoms. The van der Waals surface area contributed by atoms with Crippen LogP contribution in [0.2, 0.25) is 0 Å². The van der Waals surface area contributed by atoms with Crippen molar-refractivity contribution in [1.82, 2.24) is 9.78 Å². The molecular formula is C14H17N3O2S. The molecule has 0 radical (unpaired) electrons. The van der Waals surface area contributed by atoms with Crippen LogP contribution in [0.25, 0.3) is 6.08 Å². The van der Waals surface area contributed by atoms with Gasteiger partial charge in [0.2, 0.25) is 0 Å². The Morgan fingerprint density at radius 3 is 2.40 bits per heavy atom. The number of aryl methyl sites for hydroxylation is 2. The third-order valence-electron chi connectivity index (χ3n) is 3.00. The van der Waals surface area contributed by atoms with E-state index in [2.05, 4.69) is 9.82 Å². The topological polar surface area (TPSA) is 64.0 Å². The van der Waals surface area contributed by atoms with Crippen LogP contribution in [-0.4, -0.2) is 18.2 Å². The van der Waals surface area contributed by atoms with E-state index in [1.54, 1.807) is 13.1 Å². The molecule has 5 nitrogen and oxygen atoms in total. The molecule has 0 unspecified atom stereocenters. The van der Waals surface area contributed by atoms with Crippen LogP contribution < -0.4 is 4.72 Å². The lowest BCUT2D eigenvalue weighted by Crippen LogP contribution is -2.12. The molecular weight excluding hydrogens is 274 g/mol. The Morgan fingerprint density at radius 1 is 1.20 bits per heavy atom. The summed E-state index contributed by atoms with van der Waals surface area (Å²) in [5.74, 6) is 0.486. The second kappa shape index (κ2) is 5.50. The maximum absolute atomic E-state index is 12.0. The van der Waals surface area contributed by atoms with Crippen LogP contribution in [0.5, 0.6) is 0 Å². The van der Waals surface area contributed by atoms with E-state index in [1.165, 1.54) is 4.68 Å². The van der Waals surface area contributed by atoms with Crippen LogP contribution in [0.1, 0.15) is 16.8 Å². The summed E-state index contributed by atoms with van der Waals surface area (Å²) in [7, 11) is -1.85. The van der Waals surface area contributed by atoms with Gasteiger partial charge in [0.05, 0.1) is 11.1 Å². The summed E-state index contributed by atoms with van der Waals surface area (Å²) in [4.78, 5) is 0. The van der Waals surface area contributed by atoms with Gasteiger partial charge in [-0.1, -0.05) is 30.3 Å². The molecule has 1 aromatic heterocycles. The summed E-state index contributed by atoms with van der Waals surface area (Å²) in [5.41, 5.74) is 2.46. The second-order valence-electron chi connectivity index (χ2n) is 4.54. The highest BCUT2D eigenvalue weighted by molar-refractivity contribution is 7.95. The summed E-state index contributed by atoms with van der Waals surface area (Å²) in [6.45, 7) is 3.67. The number of nitrogens with zero attached hydrogens (tertiary/aromatic N) is 2. The zero-order chi connectivity index (χ0) is 14.8. The summed E-state index contributed by atoms with van der Waals surface area (Å²) in [5, 5.41) is 5.34. The number of anilines is 1. The van der Waals surface area contributed by atoms with Gasteiger partial charge in [-0.2, -0.15) is 5.10 Å². The Balaban J connectivity index is 2.22. The first kappa shape index (κ1) is 14.3. The summed E-state index contributed by atoms with van der Waals surface area (Å²) < 4.78 is 28.2. The number of hydrogen-bond donors (Lipinski definition) is 1. The molecule has 20 heavy (non-hydrogen) atoms. The molecule has 2 rings (SSSR count).